The summed E-state index contributed by atoms with van der Waals surface area (Å²) in [7, 11) is 0. The van der Waals surface area contributed by atoms with Gasteiger partial charge in [0.25, 0.3) is 0 Å². The predicted octanol–water partition coefficient (Wildman–Crippen LogP) is 0.870. The van der Waals surface area contributed by atoms with Crippen LogP contribution >= 0.6 is 0 Å². The minimum atomic E-state index is 0.305. The molecule has 1 saturated carbocycles. The van der Waals surface area contributed by atoms with Crippen LogP contribution in [0.1, 0.15) is 43.3 Å². The number of likely N-dealkylation sites (tertiary alicyclic amines) is 1. The highest BCUT2D eigenvalue weighted by atomic mass is 16.5. The van der Waals surface area contributed by atoms with Crippen molar-refractivity contribution < 1.29 is 4.52 Å². The van der Waals surface area contributed by atoms with Crippen molar-refractivity contribution in [3.05, 3.63) is 11.7 Å². The first-order valence-electron chi connectivity index (χ1n) is 6.11. The molecule has 0 radical (unpaired) electrons. The quantitative estimate of drug-likeness (QED) is 0.822. The molecule has 0 spiro atoms. The molecule has 0 unspecified atom stereocenters. The fourth-order valence-corrected chi connectivity index (χ4v) is 2.27. The lowest BCUT2D eigenvalue weighted by Gasteiger charge is -2.29. The number of hydrogen-bond donors (Lipinski definition) is 1. The average Bonchev–Trinajstić information content (AvgIpc) is 3.01. The summed E-state index contributed by atoms with van der Waals surface area (Å²) in [4.78, 5) is 6.74. The highest BCUT2D eigenvalue weighted by Gasteiger charge is 2.29. The van der Waals surface area contributed by atoms with Gasteiger partial charge in [-0.1, -0.05) is 5.16 Å². The number of nitrogens with zero attached hydrogens (tertiary/aromatic N) is 3. The third-order valence-corrected chi connectivity index (χ3v) is 3.33. The topological polar surface area (TPSA) is 68.2 Å². The Morgan fingerprint density at radius 3 is 3.00 bits per heavy atom. The van der Waals surface area contributed by atoms with Crippen LogP contribution < -0.4 is 5.73 Å². The van der Waals surface area contributed by atoms with E-state index < -0.39 is 0 Å². The normalized spacial score (nSPS) is 27.2. The molecule has 1 aliphatic carbocycles. The molecule has 3 rings (SSSR count). The average molecular weight is 222 g/mol. The third-order valence-electron chi connectivity index (χ3n) is 3.33. The number of rotatable bonds is 3. The first-order chi connectivity index (χ1) is 7.81. The SMILES string of the molecule is N[C@@H]1CCCN(Cc2nc(C3CC3)no2)C1. The van der Waals surface area contributed by atoms with Crippen molar-refractivity contribution in [3.8, 4) is 0 Å². The van der Waals surface area contributed by atoms with Gasteiger partial charge < -0.3 is 10.3 Å². The maximum Gasteiger partial charge on any atom is 0.240 e. The van der Waals surface area contributed by atoms with Gasteiger partial charge in [0.05, 0.1) is 6.54 Å². The van der Waals surface area contributed by atoms with Crippen molar-refractivity contribution in [2.45, 2.75) is 44.2 Å². The Kier molecular flexibility index (Phi) is 2.65. The van der Waals surface area contributed by atoms with Crippen LogP contribution in [0.4, 0.5) is 0 Å². The molecule has 16 heavy (non-hydrogen) atoms. The lowest BCUT2D eigenvalue weighted by molar-refractivity contribution is 0.178. The predicted molar refractivity (Wildman–Crippen MR) is 58.8 cm³/mol. The molecule has 2 fully saturated rings. The Morgan fingerprint density at radius 1 is 1.38 bits per heavy atom. The fourth-order valence-electron chi connectivity index (χ4n) is 2.27. The summed E-state index contributed by atoms with van der Waals surface area (Å²) in [5.41, 5.74) is 5.93. The largest absolute Gasteiger partial charge is 0.338 e. The van der Waals surface area contributed by atoms with Gasteiger partial charge in [-0.25, -0.2) is 0 Å². The van der Waals surface area contributed by atoms with Crippen LogP contribution in [0.25, 0.3) is 0 Å². The lowest BCUT2D eigenvalue weighted by Crippen LogP contribution is -2.42. The Labute approximate surface area is 95.0 Å². The molecule has 1 aromatic rings. The minimum absolute atomic E-state index is 0.305. The third kappa shape index (κ3) is 2.25. The number of piperidine rings is 1. The van der Waals surface area contributed by atoms with Crippen LogP contribution in [-0.2, 0) is 6.54 Å². The van der Waals surface area contributed by atoms with E-state index >= 15 is 0 Å². The van der Waals surface area contributed by atoms with Gasteiger partial charge in [-0.2, -0.15) is 4.98 Å². The van der Waals surface area contributed by atoms with Crippen molar-refractivity contribution in [1.29, 1.82) is 0 Å². The first kappa shape index (κ1) is 10.2. The molecule has 0 amide bonds. The number of hydrogen-bond acceptors (Lipinski definition) is 5. The zero-order valence-corrected chi connectivity index (χ0v) is 9.43. The van der Waals surface area contributed by atoms with E-state index in [9.17, 15) is 0 Å². The van der Waals surface area contributed by atoms with E-state index in [1.54, 1.807) is 0 Å². The molecule has 5 nitrogen and oxygen atoms in total. The summed E-state index contributed by atoms with van der Waals surface area (Å²) in [6.07, 6.45) is 4.74. The van der Waals surface area contributed by atoms with Crippen molar-refractivity contribution in [2.75, 3.05) is 13.1 Å². The highest BCUT2D eigenvalue weighted by Crippen LogP contribution is 2.38. The Hall–Kier alpha value is -0.940. The standard InChI is InChI=1S/C11H18N4O/c12-9-2-1-5-15(6-9)7-10-13-11(14-16-10)8-3-4-8/h8-9H,1-7,12H2/t9-/m1/s1. The summed E-state index contributed by atoms with van der Waals surface area (Å²) in [6.45, 7) is 2.80. The van der Waals surface area contributed by atoms with Gasteiger partial charge in [-0.3, -0.25) is 4.90 Å². The molecule has 88 valence electrons. The van der Waals surface area contributed by atoms with Gasteiger partial charge in [0, 0.05) is 18.5 Å². The van der Waals surface area contributed by atoms with Gasteiger partial charge in [0.15, 0.2) is 5.82 Å². The molecule has 0 aromatic carbocycles. The van der Waals surface area contributed by atoms with Gasteiger partial charge in [0.1, 0.15) is 0 Å². The van der Waals surface area contributed by atoms with E-state index in [2.05, 4.69) is 15.0 Å². The first-order valence-corrected chi connectivity index (χ1v) is 6.11. The summed E-state index contributed by atoms with van der Waals surface area (Å²) in [5.74, 6) is 2.22. The van der Waals surface area contributed by atoms with Crippen molar-refractivity contribution in [1.82, 2.24) is 15.0 Å². The van der Waals surface area contributed by atoms with E-state index in [0.717, 1.165) is 37.8 Å². The summed E-state index contributed by atoms with van der Waals surface area (Å²) >= 11 is 0. The van der Waals surface area contributed by atoms with Gasteiger partial charge in [0.2, 0.25) is 5.89 Å². The van der Waals surface area contributed by atoms with Crippen LogP contribution in [0.2, 0.25) is 0 Å². The second kappa shape index (κ2) is 4.14. The Balaban J connectivity index is 1.59. The van der Waals surface area contributed by atoms with Gasteiger partial charge in [-0.15, -0.1) is 0 Å². The molecule has 2 N–H and O–H groups in total. The molecular formula is C11H18N4O. The summed E-state index contributed by atoms with van der Waals surface area (Å²) < 4.78 is 5.26. The van der Waals surface area contributed by atoms with E-state index in [4.69, 9.17) is 10.3 Å². The van der Waals surface area contributed by atoms with E-state index in [0.29, 0.717) is 12.0 Å². The van der Waals surface area contributed by atoms with Crippen molar-refractivity contribution in [2.24, 2.45) is 5.73 Å². The zero-order chi connectivity index (χ0) is 11.0. The molecule has 5 heteroatoms. The molecule has 2 heterocycles. The van der Waals surface area contributed by atoms with Crippen molar-refractivity contribution >= 4 is 0 Å². The Bertz CT molecular complexity index is 361. The molecule has 2 aliphatic rings. The zero-order valence-electron chi connectivity index (χ0n) is 9.43. The van der Waals surface area contributed by atoms with Gasteiger partial charge >= 0.3 is 0 Å². The van der Waals surface area contributed by atoms with Crippen molar-refractivity contribution in [3.63, 3.8) is 0 Å². The molecule has 1 saturated heterocycles. The monoisotopic (exact) mass is 222 g/mol. The number of aromatic nitrogens is 2. The molecule has 1 aromatic heterocycles. The molecule has 1 atom stereocenters. The smallest absolute Gasteiger partial charge is 0.240 e. The maximum atomic E-state index is 5.93. The molecule has 0 bridgehead atoms. The second-order valence-corrected chi connectivity index (χ2v) is 4.96. The maximum absolute atomic E-state index is 5.93. The van der Waals surface area contributed by atoms with Crippen LogP contribution in [0.15, 0.2) is 4.52 Å². The van der Waals surface area contributed by atoms with Crippen LogP contribution in [0.5, 0.6) is 0 Å². The molecule has 1 aliphatic heterocycles. The fraction of sp³-hybridized carbons (Fsp3) is 0.818. The highest BCUT2D eigenvalue weighted by molar-refractivity contribution is 5.03. The van der Waals surface area contributed by atoms with Crippen LogP contribution in [0.3, 0.4) is 0 Å². The van der Waals surface area contributed by atoms with Gasteiger partial charge in [-0.05, 0) is 32.2 Å². The van der Waals surface area contributed by atoms with E-state index in [1.165, 1.54) is 19.3 Å². The number of nitrogens with two attached hydrogens (primary N) is 1. The summed E-state index contributed by atoms with van der Waals surface area (Å²) in [5, 5.41) is 4.02. The minimum Gasteiger partial charge on any atom is -0.338 e. The van der Waals surface area contributed by atoms with Crippen LogP contribution in [0, 0.1) is 0 Å². The van der Waals surface area contributed by atoms with E-state index in [1.807, 2.05) is 0 Å². The van der Waals surface area contributed by atoms with E-state index in [-0.39, 0.29) is 0 Å². The van der Waals surface area contributed by atoms with Crippen LogP contribution in [-0.4, -0.2) is 34.2 Å². The summed E-state index contributed by atoms with van der Waals surface area (Å²) in [6, 6.07) is 0.305. The Morgan fingerprint density at radius 2 is 2.25 bits per heavy atom. The molecular weight excluding hydrogens is 204 g/mol. The lowest BCUT2D eigenvalue weighted by atomic mass is 10.1. The second-order valence-electron chi connectivity index (χ2n) is 4.96.